The zero-order valence-electron chi connectivity index (χ0n) is 26.9. The molecule has 0 unspecified atom stereocenters. The Kier molecular flexibility index (Phi) is 6.90. The van der Waals surface area contributed by atoms with E-state index in [1.165, 1.54) is 36.0 Å². The Morgan fingerprint density at radius 2 is 0.880 bits per heavy atom. The van der Waals surface area contributed by atoms with Gasteiger partial charge in [-0.25, -0.2) is 9.97 Å². The van der Waals surface area contributed by atoms with Gasteiger partial charge < -0.3 is 0 Å². The maximum Gasteiger partial charge on any atom is 0.160 e. The molecule has 234 valence electrons. The van der Waals surface area contributed by atoms with E-state index < -0.39 is 0 Å². The minimum atomic E-state index is 0.729. The quantitative estimate of drug-likeness (QED) is 0.182. The zero-order chi connectivity index (χ0) is 33.0. The minimum absolute atomic E-state index is 0.729. The van der Waals surface area contributed by atoms with E-state index in [2.05, 4.69) is 170 Å². The van der Waals surface area contributed by atoms with Gasteiger partial charge in [0.05, 0.1) is 15.9 Å². The maximum absolute atomic E-state index is 5.31. The molecule has 50 heavy (non-hydrogen) atoms. The Balaban J connectivity index is 1.14. The Labute approximate surface area is 297 Å². The number of hydrogen-bond donors (Lipinski definition) is 0. The number of aromatic nitrogens is 2. The summed E-state index contributed by atoms with van der Waals surface area (Å²) in [5.74, 6) is 0.729. The molecule has 0 amide bonds. The van der Waals surface area contributed by atoms with Crippen molar-refractivity contribution in [2.45, 2.75) is 0 Å². The first-order valence-corrected chi connectivity index (χ1v) is 18.4. The van der Waals surface area contributed by atoms with Crippen molar-refractivity contribution in [3.05, 3.63) is 170 Å². The zero-order valence-corrected chi connectivity index (χ0v) is 28.5. The molecule has 0 aliphatic carbocycles. The van der Waals surface area contributed by atoms with E-state index in [9.17, 15) is 0 Å². The van der Waals surface area contributed by atoms with Gasteiger partial charge in [0.15, 0.2) is 5.82 Å². The predicted molar refractivity (Wildman–Crippen MR) is 215 cm³/mol. The molecule has 0 radical (unpaired) electrons. The number of fused-ring (bicyclic) bond motifs is 6. The van der Waals surface area contributed by atoms with Crippen molar-refractivity contribution >= 4 is 63.1 Å². The number of benzene rings is 7. The van der Waals surface area contributed by atoms with Crippen LogP contribution in [0.5, 0.6) is 0 Å². The lowest BCUT2D eigenvalue weighted by atomic mass is 9.94. The second-order valence-corrected chi connectivity index (χ2v) is 14.7. The van der Waals surface area contributed by atoms with Crippen molar-refractivity contribution in [2.24, 2.45) is 0 Å². The molecule has 7 aromatic carbocycles. The molecule has 0 saturated carbocycles. The Morgan fingerprint density at radius 3 is 1.62 bits per heavy atom. The number of nitrogens with zero attached hydrogens (tertiary/aromatic N) is 2. The summed E-state index contributed by atoms with van der Waals surface area (Å²) in [6.45, 7) is 0. The molecule has 0 spiro atoms. The molecule has 0 atom stereocenters. The van der Waals surface area contributed by atoms with Crippen LogP contribution in [0.15, 0.2) is 170 Å². The van der Waals surface area contributed by atoms with E-state index >= 15 is 0 Å². The summed E-state index contributed by atoms with van der Waals surface area (Å²) in [5, 5.41) is 3.80. The molecule has 0 fully saturated rings. The van der Waals surface area contributed by atoms with Crippen molar-refractivity contribution < 1.29 is 0 Å². The molecule has 0 bridgehead atoms. The second-order valence-electron chi connectivity index (χ2n) is 12.6. The van der Waals surface area contributed by atoms with E-state index in [0.717, 1.165) is 60.5 Å². The molecule has 3 aromatic heterocycles. The normalized spacial score (nSPS) is 11.6. The monoisotopic (exact) mass is 672 g/mol. The molecular formula is C46H28N2S2. The van der Waals surface area contributed by atoms with E-state index in [0.29, 0.717) is 0 Å². The first kappa shape index (κ1) is 29.0. The van der Waals surface area contributed by atoms with Gasteiger partial charge in [-0.15, -0.1) is 22.7 Å². The average Bonchev–Trinajstić information content (AvgIpc) is 3.77. The Morgan fingerprint density at radius 1 is 0.340 bits per heavy atom. The molecule has 0 aliphatic heterocycles. The van der Waals surface area contributed by atoms with E-state index in [1.54, 1.807) is 11.3 Å². The van der Waals surface area contributed by atoms with E-state index in [-0.39, 0.29) is 0 Å². The van der Waals surface area contributed by atoms with E-state index in [4.69, 9.17) is 9.97 Å². The van der Waals surface area contributed by atoms with Crippen LogP contribution in [0.1, 0.15) is 0 Å². The van der Waals surface area contributed by atoms with Gasteiger partial charge in [-0.3, -0.25) is 0 Å². The van der Waals surface area contributed by atoms with Gasteiger partial charge in [0, 0.05) is 41.4 Å². The summed E-state index contributed by atoms with van der Waals surface area (Å²) in [7, 11) is 0. The van der Waals surface area contributed by atoms with Gasteiger partial charge in [0.1, 0.15) is 0 Å². The standard InChI is InChI=1S/C46H28N2S2/c1-3-12-29(13-4-1)33-26-34(30-22-24-31(25-23-30)36-18-11-19-38-37-16-7-9-20-40(37)49-44(36)38)28-35(27-33)46-47-42(32-14-5-2-6-15-32)45-43(48-46)39-17-8-10-21-41(39)50-45/h1-28H. The van der Waals surface area contributed by atoms with Crippen LogP contribution in [0.2, 0.25) is 0 Å². The fourth-order valence-electron chi connectivity index (χ4n) is 7.05. The second kappa shape index (κ2) is 11.9. The van der Waals surface area contributed by atoms with E-state index in [1.807, 2.05) is 11.3 Å². The molecule has 0 N–H and O–H groups in total. The Bertz CT molecular complexity index is 2850. The maximum atomic E-state index is 5.31. The molecular weight excluding hydrogens is 645 g/mol. The van der Waals surface area contributed by atoms with Crippen LogP contribution in [-0.4, -0.2) is 9.97 Å². The van der Waals surface area contributed by atoms with Crippen LogP contribution in [0.25, 0.3) is 96.5 Å². The highest BCUT2D eigenvalue weighted by molar-refractivity contribution is 7.26. The Hall–Kier alpha value is -5.94. The number of thiophene rings is 2. The number of rotatable bonds is 5. The van der Waals surface area contributed by atoms with Gasteiger partial charge in [0.2, 0.25) is 0 Å². The van der Waals surface area contributed by atoms with Crippen LogP contribution in [0, 0.1) is 0 Å². The summed E-state index contributed by atoms with van der Waals surface area (Å²) in [6.07, 6.45) is 0. The lowest BCUT2D eigenvalue weighted by molar-refractivity contribution is 1.24. The fourth-order valence-corrected chi connectivity index (χ4v) is 9.44. The molecule has 2 nitrogen and oxygen atoms in total. The van der Waals surface area contributed by atoms with Crippen molar-refractivity contribution in [3.8, 4) is 56.0 Å². The van der Waals surface area contributed by atoms with Gasteiger partial charge in [-0.2, -0.15) is 0 Å². The first-order chi connectivity index (χ1) is 24.8. The predicted octanol–water partition coefficient (Wildman–Crippen LogP) is 13.5. The van der Waals surface area contributed by atoms with Crippen LogP contribution < -0.4 is 0 Å². The van der Waals surface area contributed by atoms with Crippen LogP contribution >= 0.6 is 22.7 Å². The topological polar surface area (TPSA) is 25.8 Å². The third kappa shape index (κ3) is 4.92. The lowest BCUT2D eigenvalue weighted by Crippen LogP contribution is -1.95. The smallest absolute Gasteiger partial charge is 0.160 e. The third-order valence-corrected chi connectivity index (χ3v) is 11.9. The SMILES string of the molecule is c1ccc(-c2cc(-c3ccc(-c4cccc5c4sc4ccccc45)cc3)cc(-c3nc(-c4ccccc4)c4sc5ccccc5c4n3)c2)cc1. The van der Waals surface area contributed by atoms with Crippen molar-refractivity contribution in [1.82, 2.24) is 9.97 Å². The number of hydrogen-bond acceptors (Lipinski definition) is 4. The third-order valence-electron chi connectivity index (χ3n) is 9.50. The van der Waals surface area contributed by atoms with Crippen LogP contribution in [0.4, 0.5) is 0 Å². The summed E-state index contributed by atoms with van der Waals surface area (Å²) in [5.41, 5.74) is 11.1. The molecule has 10 aromatic rings. The fraction of sp³-hybridized carbons (Fsp3) is 0. The largest absolute Gasteiger partial charge is 0.226 e. The lowest BCUT2D eigenvalue weighted by Gasteiger charge is -2.13. The summed E-state index contributed by atoms with van der Waals surface area (Å²) < 4.78 is 4.99. The van der Waals surface area contributed by atoms with Crippen molar-refractivity contribution in [3.63, 3.8) is 0 Å². The first-order valence-electron chi connectivity index (χ1n) is 16.7. The summed E-state index contributed by atoms with van der Waals surface area (Å²) in [4.78, 5) is 10.6. The summed E-state index contributed by atoms with van der Waals surface area (Å²) >= 11 is 3.63. The van der Waals surface area contributed by atoms with Gasteiger partial charge in [-0.05, 0) is 63.7 Å². The highest BCUT2D eigenvalue weighted by atomic mass is 32.1. The molecule has 4 heteroatoms. The van der Waals surface area contributed by atoms with Crippen molar-refractivity contribution in [2.75, 3.05) is 0 Å². The highest BCUT2D eigenvalue weighted by Crippen LogP contribution is 2.42. The van der Waals surface area contributed by atoms with Gasteiger partial charge in [-0.1, -0.05) is 140 Å². The van der Waals surface area contributed by atoms with Gasteiger partial charge >= 0.3 is 0 Å². The van der Waals surface area contributed by atoms with Crippen LogP contribution in [0.3, 0.4) is 0 Å². The van der Waals surface area contributed by atoms with Crippen LogP contribution in [-0.2, 0) is 0 Å². The van der Waals surface area contributed by atoms with Gasteiger partial charge in [0.25, 0.3) is 0 Å². The molecule has 10 rings (SSSR count). The molecule has 3 heterocycles. The molecule has 0 aliphatic rings. The summed E-state index contributed by atoms with van der Waals surface area (Å²) in [6, 6.07) is 60.8. The molecule has 0 saturated heterocycles. The average molecular weight is 673 g/mol. The minimum Gasteiger partial charge on any atom is -0.226 e. The highest BCUT2D eigenvalue weighted by Gasteiger charge is 2.18. The van der Waals surface area contributed by atoms with Crippen molar-refractivity contribution in [1.29, 1.82) is 0 Å².